The number of H-pyrrole nitrogens is 1. The third kappa shape index (κ3) is 2.15. The number of aromatic nitrogens is 1. The van der Waals surface area contributed by atoms with Crippen molar-refractivity contribution in [2.24, 2.45) is 0 Å². The number of pyridine rings is 1. The Bertz CT molecular complexity index is 714. The molecule has 1 aromatic heterocycles. The molecule has 1 heterocycles. The van der Waals surface area contributed by atoms with Crippen molar-refractivity contribution < 1.29 is 10.2 Å². The lowest BCUT2D eigenvalue weighted by Crippen LogP contribution is -2.14. The number of hydrogen-bond acceptors (Lipinski definition) is 3. The largest absolute Gasteiger partial charge is 0.508 e. The molecule has 0 aliphatic heterocycles. The molecule has 0 bridgehead atoms. The van der Waals surface area contributed by atoms with E-state index >= 15 is 0 Å². The molecule has 0 spiro atoms. The number of phenolic OH excluding ortho intramolecular Hbond substituents is 1. The molecule has 0 aliphatic carbocycles. The number of fused-ring (bicyclic) bond motifs is 1. The number of phenols is 1. The zero-order valence-electron chi connectivity index (χ0n) is 12.4. The molecule has 0 atom stereocenters. The lowest BCUT2D eigenvalue weighted by molar-refractivity contribution is 0.463. The third-order valence-electron chi connectivity index (χ3n) is 3.75. The Hall–Kier alpha value is -1.97. The molecule has 0 fully saturated rings. The van der Waals surface area contributed by atoms with E-state index in [0.717, 1.165) is 12.0 Å². The Morgan fingerprint density at radius 3 is 2.50 bits per heavy atom. The summed E-state index contributed by atoms with van der Waals surface area (Å²) in [6.07, 6.45) is 1.29. The van der Waals surface area contributed by atoms with Gasteiger partial charge in [0.2, 0.25) is 0 Å². The summed E-state index contributed by atoms with van der Waals surface area (Å²) in [6, 6.07) is 1.66. The predicted octanol–water partition coefficient (Wildman–Crippen LogP) is 3.32. The molecule has 0 saturated heterocycles. The molecule has 0 unspecified atom stereocenters. The molecule has 2 rings (SSSR count). The first-order chi connectivity index (χ1) is 9.38. The molecule has 4 heteroatoms. The van der Waals surface area contributed by atoms with Crippen molar-refractivity contribution in [2.75, 3.05) is 0 Å². The molecule has 0 radical (unpaired) electrons. The number of rotatable bonds is 3. The van der Waals surface area contributed by atoms with Crippen LogP contribution >= 0.6 is 0 Å². The maximum atomic E-state index is 12.1. The van der Waals surface area contributed by atoms with Crippen molar-refractivity contribution in [3.05, 3.63) is 33.1 Å². The smallest absolute Gasteiger partial charge is 0.255 e. The molecule has 3 N–H and O–H groups in total. The average Bonchev–Trinajstić information content (AvgIpc) is 2.38. The van der Waals surface area contributed by atoms with Gasteiger partial charge < -0.3 is 15.2 Å². The van der Waals surface area contributed by atoms with Gasteiger partial charge in [-0.15, -0.1) is 0 Å². The second kappa shape index (κ2) is 5.19. The molecular weight excluding hydrogens is 254 g/mol. The van der Waals surface area contributed by atoms with E-state index < -0.39 is 0 Å². The van der Waals surface area contributed by atoms with Gasteiger partial charge >= 0.3 is 0 Å². The van der Waals surface area contributed by atoms with E-state index in [9.17, 15) is 15.0 Å². The summed E-state index contributed by atoms with van der Waals surface area (Å²) >= 11 is 0. The monoisotopic (exact) mass is 275 g/mol. The van der Waals surface area contributed by atoms with E-state index in [-0.39, 0.29) is 23.0 Å². The summed E-state index contributed by atoms with van der Waals surface area (Å²) in [5.41, 5.74) is 2.19. The van der Waals surface area contributed by atoms with Crippen molar-refractivity contribution in [3.8, 4) is 11.5 Å². The van der Waals surface area contributed by atoms with E-state index in [4.69, 9.17) is 0 Å². The standard InChI is InChI=1S/C16H21NO3/c1-5-6-10-15(19)13-9(4)12(18)7-11(8(2)3)14(13)17-16(10)20/h7-8,18H,5-6H2,1-4H3,(H2,17,19,20). The Labute approximate surface area is 118 Å². The minimum atomic E-state index is -0.246. The van der Waals surface area contributed by atoms with Crippen LogP contribution in [-0.4, -0.2) is 15.2 Å². The van der Waals surface area contributed by atoms with Crippen molar-refractivity contribution in [3.63, 3.8) is 0 Å². The second-order valence-electron chi connectivity index (χ2n) is 5.55. The summed E-state index contributed by atoms with van der Waals surface area (Å²) in [5, 5.41) is 21.1. The highest BCUT2D eigenvalue weighted by Gasteiger charge is 2.18. The van der Waals surface area contributed by atoms with Gasteiger partial charge in [0.15, 0.2) is 0 Å². The maximum Gasteiger partial charge on any atom is 0.255 e. The van der Waals surface area contributed by atoms with Gasteiger partial charge in [0.25, 0.3) is 5.56 Å². The Kier molecular flexibility index (Phi) is 3.75. The number of aromatic amines is 1. The van der Waals surface area contributed by atoms with Gasteiger partial charge in [-0.1, -0.05) is 27.2 Å². The van der Waals surface area contributed by atoms with Gasteiger partial charge in [-0.05, 0) is 30.9 Å². The van der Waals surface area contributed by atoms with Gasteiger partial charge in [-0.25, -0.2) is 0 Å². The number of aryl methyl sites for hydroxylation is 1. The van der Waals surface area contributed by atoms with E-state index in [2.05, 4.69) is 4.98 Å². The molecule has 4 nitrogen and oxygen atoms in total. The maximum absolute atomic E-state index is 12.1. The SMILES string of the molecule is CCCc1c(O)c2c(C)c(O)cc(C(C)C)c2[nH]c1=O. The molecule has 20 heavy (non-hydrogen) atoms. The molecule has 2 aromatic rings. The van der Waals surface area contributed by atoms with Crippen molar-refractivity contribution in [1.82, 2.24) is 4.98 Å². The zero-order valence-corrected chi connectivity index (χ0v) is 12.4. The first-order valence-corrected chi connectivity index (χ1v) is 6.98. The van der Waals surface area contributed by atoms with Crippen molar-refractivity contribution in [1.29, 1.82) is 0 Å². The van der Waals surface area contributed by atoms with Gasteiger partial charge in [0.05, 0.1) is 11.1 Å². The Balaban J connectivity index is 2.97. The number of hydrogen-bond donors (Lipinski definition) is 3. The molecule has 0 amide bonds. The zero-order chi connectivity index (χ0) is 15.0. The topological polar surface area (TPSA) is 73.3 Å². The number of aromatic hydroxyl groups is 2. The van der Waals surface area contributed by atoms with Crippen molar-refractivity contribution >= 4 is 10.9 Å². The van der Waals surface area contributed by atoms with Crippen molar-refractivity contribution in [2.45, 2.75) is 46.5 Å². The van der Waals surface area contributed by atoms with Gasteiger partial charge in [-0.3, -0.25) is 4.79 Å². The molecule has 0 aliphatic rings. The van der Waals surface area contributed by atoms with Gasteiger partial charge in [0, 0.05) is 10.9 Å². The van der Waals surface area contributed by atoms with Crippen LogP contribution in [0.2, 0.25) is 0 Å². The minimum absolute atomic E-state index is 0.000833. The van der Waals surface area contributed by atoms with Crippen LogP contribution in [0.4, 0.5) is 0 Å². The fourth-order valence-electron chi connectivity index (χ4n) is 2.60. The normalized spacial score (nSPS) is 11.4. The van der Waals surface area contributed by atoms with Crippen LogP contribution in [0, 0.1) is 6.92 Å². The minimum Gasteiger partial charge on any atom is -0.508 e. The number of nitrogens with one attached hydrogen (secondary N) is 1. The van der Waals surface area contributed by atoms with Crippen LogP contribution in [0.5, 0.6) is 11.5 Å². The fraction of sp³-hybridized carbons (Fsp3) is 0.438. The summed E-state index contributed by atoms with van der Waals surface area (Å²) in [4.78, 5) is 15.0. The van der Waals surface area contributed by atoms with E-state index in [0.29, 0.717) is 28.5 Å². The van der Waals surface area contributed by atoms with Gasteiger partial charge in [-0.2, -0.15) is 0 Å². The molecular formula is C16H21NO3. The first kappa shape index (κ1) is 14.4. The van der Waals surface area contributed by atoms with Crippen LogP contribution in [0.15, 0.2) is 10.9 Å². The van der Waals surface area contributed by atoms with Crippen LogP contribution < -0.4 is 5.56 Å². The highest BCUT2D eigenvalue weighted by Crippen LogP contribution is 2.37. The summed E-state index contributed by atoms with van der Waals surface area (Å²) < 4.78 is 0. The van der Waals surface area contributed by atoms with Crippen LogP contribution in [0.1, 0.15) is 49.8 Å². The molecule has 108 valence electrons. The van der Waals surface area contributed by atoms with E-state index in [1.54, 1.807) is 13.0 Å². The summed E-state index contributed by atoms with van der Waals surface area (Å²) in [5.74, 6) is 0.281. The summed E-state index contributed by atoms with van der Waals surface area (Å²) in [7, 11) is 0. The van der Waals surface area contributed by atoms with E-state index in [1.807, 2.05) is 20.8 Å². The lowest BCUT2D eigenvalue weighted by atomic mass is 9.94. The van der Waals surface area contributed by atoms with Crippen LogP contribution in [-0.2, 0) is 6.42 Å². The quantitative estimate of drug-likeness (QED) is 0.804. The predicted molar refractivity (Wildman–Crippen MR) is 80.7 cm³/mol. The van der Waals surface area contributed by atoms with Crippen LogP contribution in [0.3, 0.4) is 0 Å². The van der Waals surface area contributed by atoms with Gasteiger partial charge in [0.1, 0.15) is 11.5 Å². The molecule has 1 aromatic carbocycles. The highest BCUT2D eigenvalue weighted by molar-refractivity contribution is 5.93. The summed E-state index contributed by atoms with van der Waals surface area (Å²) in [6.45, 7) is 7.67. The lowest BCUT2D eigenvalue weighted by Gasteiger charge is -2.16. The van der Waals surface area contributed by atoms with Crippen LogP contribution in [0.25, 0.3) is 10.9 Å². The fourth-order valence-corrected chi connectivity index (χ4v) is 2.60. The Morgan fingerprint density at radius 2 is 1.95 bits per heavy atom. The third-order valence-corrected chi connectivity index (χ3v) is 3.75. The average molecular weight is 275 g/mol. The molecule has 0 saturated carbocycles. The first-order valence-electron chi connectivity index (χ1n) is 6.98. The number of benzene rings is 1. The Morgan fingerprint density at radius 1 is 1.30 bits per heavy atom. The second-order valence-corrected chi connectivity index (χ2v) is 5.55. The van der Waals surface area contributed by atoms with E-state index in [1.165, 1.54) is 0 Å². The highest BCUT2D eigenvalue weighted by atomic mass is 16.3.